The highest BCUT2D eigenvalue weighted by Crippen LogP contribution is 2.27. The van der Waals surface area contributed by atoms with E-state index in [4.69, 9.17) is 0 Å². The summed E-state index contributed by atoms with van der Waals surface area (Å²) < 4.78 is 0. The molecule has 4 aromatic carbocycles. The number of hydrogen-bond donors (Lipinski definition) is 1. The van der Waals surface area contributed by atoms with Crippen molar-refractivity contribution in [3.05, 3.63) is 103 Å². The maximum absolute atomic E-state index is 4.38. The second-order valence-electron chi connectivity index (χ2n) is 8.13. The van der Waals surface area contributed by atoms with E-state index in [1.54, 1.807) is 0 Å². The van der Waals surface area contributed by atoms with Gasteiger partial charge in [-0.25, -0.2) is 0 Å². The summed E-state index contributed by atoms with van der Waals surface area (Å²) in [6.45, 7) is 2.23. The van der Waals surface area contributed by atoms with Crippen LogP contribution in [0.4, 0.5) is 22.7 Å². The summed E-state index contributed by atoms with van der Waals surface area (Å²) in [5.41, 5.74) is 6.89. The average Bonchev–Trinajstić information content (AvgIpc) is 2.89. The Labute approximate surface area is 206 Å². The summed E-state index contributed by atoms with van der Waals surface area (Å²) >= 11 is 4.28. The van der Waals surface area contributed by atoms with Gasteiger partial charge in [0.1, 0.15) is 0 Å². The molecule has 4 rings (SSSR count). The molecule has 0 bridgehead atoms. The Bertz CT molecular complexity index is 1230. The van der Waals surface area contributed by atoms with E-state index in [0.717, 1.165) is 45.2 Å². The van der Waals surface area contributed by atoms with Gasteiger partial charge in [-0.05, 0) is 90.2 Å². The zero-order chi connectivity index (χ0) is 23.6. The summed E-state index contributed by atoms with van der Waals surface area (Å²) in [6, 6.07) is 32.0. The third-order valence-corrected chi connectivity index (χ3v) is 5.78. The van der Waals surface area contributed by atoms with E-state index in [0.29, 0.717) is 0 Å². The Morgan fingerprint density at radius 1 is 0.500 bits per heavy atom. The van der Waals surface area contributed by atoms with Crippen LogP contribution in [0.1, 0.15) is 31.7 Å². The van der Waals surface area contributed by atoms with Crippen LogP contribution in [-0.2, 0) is 6.42 Å². The molecule has 0 unspecified atom stereocenters. The topological polar surface area (TPSA) is 49.4 Å². The molecule has 0 aromatic heterocycles. The number of azo groups is 2. The molecule has 0 aliphatic carbocycles. The molecule has 170 valence electrons. The monoisotopic (exact) mass is 464 g/mol. The SMILES string of the molecule is CCCCCc1ccc(/N=N/c2ccc(-c3ccc(/N=N/c4ccc(S)cc4)cc3)cc2)cc1. The highest BCUT2D eigenvalue weighted by molar-refractivity contribution is 7.80. The van der Waals surface area contributed by atoms with Gasteiger partial charge in [-0.3, -0.25) is 0 Å². The molecular weight excluding hydrogens is 436 g/mol. The highest BCUT2D eigenvalue weighted by Gasteiger charge is 2.00. The van der Waals surface area contributed by atoms with Crippen molar-refractivity contribution >= 4 is 35.4 Å². The standard InChI is InChI=1S/C29H28N4S/c1-2-3-4-5-22-6-12-25(13-7-22)30-31-26-14-8-23(9-15-26)24-10-16-27(17-11-24)32-33-28-18-20-29(34)21-19-28/h6-21,34H,2-5H2,1H3/b31-30+,33-32+. The van der Waals surface area contributed by atoms with Gasteiger partial charge in [-0.2, -0.15) is 20.5 Å². The third kappa shape index (κ3) is 6.96. The smallest absolute Gasteiger partial charge is 0.0857 e. The van der Waals surface area contributed by atoms with E-state index in [1.165, 1.54) is 24.8 Å². The number of benzene rings is 4. The van der Waals surface area contributed by atoms with Crippen LogP contribution in [0.2, 0.25) is 0 Å². The van der Waals surface area contributed by atoms with E-state index in [1.807, 2.05) is 72.8 Å². The van der Waals surface area contributed by atoms with Crippen molar-refractivity contribution < 1.29 is 0 Å². The summed E-state index contributed by atoms with van der Waals surface area (Å²) in [6.07, 6.45) is 4.88. The Morgan fingerprint density at radius 2 is 0.882 bits per heavy atom. The summed E-state index contributed by atoms with van der Waals surface area (Å²) in [5.74, 6) is 0. The van der Waals surface area contributed by atoms with Crippen LogP contribution in [0.25, 0.3) is 11.1 Å². The van der Waals surface area contributed by atoms with Crippen LogP contribution >= 0.6 is 12.6 Å². The molecule has 0 amide bonds. The van der Waals surface area contributed by atoms with Gasteiger partial charge in [0.05, 0.1) is 22.7 Å². The fourth-order valence-corrected chi connectivity index (χ4v) is 3.65. The molecule has 0 heterocycles. The third-order valence-electron chi connectivity index (χ3n) is 5.48. The molecule has 0 aliphatic heterocycles. The number of unbranched alkanes of at least 4 members (excludes halogenated alkanes) is 2. The molecule has 0 aliphatic rings. The minimum absolute atomic E-state index is 0.801. The second-order valence-corrected chi connectivity index (χ2v) is 8.65. The van der Waals surface area contributed by atoms with Crippen molar-refractivity contribution in [2.75, 3.05) is 0 Å². The lowest BCUT2D eigenvalue weighted by Gasteiger charge is -2.03. The Balaban J connectivity index is 1.35. The van der Waals surface area contributed by atoms with Crippen LogP contribution in [0.5, 0.6) is 0 Å². The van der Waals surface area contributed by atoms with E-state index in [9.17, 15) is 0 Å². The van der Waals surface area contributed by atoms with Crippen molar-refractivity contribution in [2.45, 2.75) is 37.5 Å². The molecule has 0 saturated carbocycles. The van der Waals surface area contributed by atoms with Crippen LogP contribution in [-0.4, -0.2) is 0 Å². The zero-order valence-electron chi connectivity index (χ0n) is 19.3. The summed E-state index contributed by atoms with van der Waals surface area (Å²) in [4.78, 5) is 0.905. The van der Waals surface area contributed by atoms with Crippen LogP contribution < -0.4 is 0 Å². The molecule has 4 aromatic rings. The Morgan fingerprint density at radius 3 is 1.29 bits per heavy atom. The molecule has 0 spiro atoms. The normalized spacial score (nSPS) is 11.5. The second kappa shape index (κ2) is 12.1. The van der Waals surface area contributed by atoms with Gasteiger partial charge in [0.25, 0.3) is 0 Å². The first kappa shape index (κ1) is 23.6. The maximum atomic E-state index is 4.38. The first-order chi connectivity index (χ1) is 16.7. The first-order valence-electron chi connectivity index (χ1n) is 11.6. The van der Waals surface area contributed by atoms with Gasteiger partial charge >= 0.3 is 0 Å². The molecule has 0 atom stereocenters. The number of rotatable bonds is 9. The molecule has 0 radical (unpaired) electrons. The number of thiol groups is 1. The zero-order valence-corrected chi connectivity index (χ0v) is 20.2. The maximum Gasteiger partial charge on any atom is 0.0857 e. The summed E-state index contributed by atoms with van der Waals surface area (Å²) in [7, 11) is 0. The quantitative estimate of drug-likeness (QED) is 0.145. The van der Waals surface area contributed by atoms with Crippen molar-refractivity contribution in [1.29, 1.82) is 0 Å². The molecule has 0 fully saturated rings. The molecule has 5 heteroatoms. The Hall–Kier alpha value is -3.57. The van der Waals surface area contributed by atoms with E-state index in [-0.39, 0.29) is 0 Å². The van der Waals surface area contributed by atoms with Gasteiger partial charge in [0.15, 0.2) is 0 Å². The lowest BCUT2D eigenvalue weighted by atomic mass is 10.1. The van der Waals surface area contributed by atoms with Gasteiger partial charge in [0, 0.05) is 4.90 Å². The minimum atomic E-state index is 0.801. The van der Waals surface area contributed by atoms with Gasteiger partial charge in [-0.15, -0.1) is 12.6 Å². The predicted octanol–water partition coefficient (Wildman–Crippen LogP) is 10.2. The first-order valence-corrected chi connectivity index (χ1v) is 12.1. The van der Waals surface area contributed by atoms with Gasteiger partial charge in [-0.1, -0.05) is 56.2 Å². The fraction of sp³-hybridized carbons (Fsp3) is 0.172. The van der Waals surface area contributed by atoms with Gasteiger partial charge < -0.3 is 0 Å². The van der Waals surface area contributed by atoms with Crippen LogP contribution in [0, 0.1) is 0 Å². The van der Waals surface area contributed by atoms with Crippen molar-refractivity contribution in [3.63, 3.8) is 0 Å². The van der Waals surface area contributed by atoms with Crippen LogP contribution in [0.3, 0.4) is 0 Å². The largest absolute Gasteiger partial charge is 0.151 e. The Kier molecular flexibility index (Phi) is 8.36. The summed E-state index contributed by atoms with van der Waals surface area (Å²) in [5, 5.41) is 17.3. The van der Waals surface area contributed by atoms with Crippen LogP contribution in [0.15, 0.2) is 122 Å². The van der Waals surface area contributed by atoms with E-state index in [2.05, 4.69) is 64.3 Å². The number of hydrogen-bond acceptors (Lipinski definition) is 5. The van der Waals surface area contributed by atoms with Crippen molar-refractivity contribution in [2.24, 2.45) is 20.5 Å². The van der Waals surface area contributed by atoms with E-state index < -0.39 is 0 Å². The fourth-order valence-electron chi connectivity index (χ4n) is 3.50. The van der Waals surface area contributed by atoms with Crippen molar-refractivity contribution in [1.82, 2.24) is 0 Å². The lowest BCUT2D eigenvalue weighted by molar-refractivity contribution is 0.717. The molecule has 4 nitrogen and oxygen atoms in total. The molecule has 0 N–H and O–H groups in total. The molecule has 0 saturated heterocycles. The van der Waals surface area contributed by atoms with Crippen molar-refractivity contribution in [3.8, 4) is 11.1 Å². The van der Waals surface area contributed by atoms with E-state index >= 15 is 0 Å². The predicted molar refractivity (Wildman–Crippen MR) is 144 cm³/mol. The number of nitrogens with zero attached hydrogens (tertiary/aromatic N) is 4. The minimum Gasteiger partial charge on any atom is -0.151 e. The number of aryl methyl sites for hydroxylation is 1. The average molecular weight is 465 g/mol. The van der Waals surface area contributed by atoms with Gasteiger partial charge in [0.2, 0.25) is 0 Å². The molecule has 34 heavy (non-hydrogen) atoms. The molecular formula is C29H28N4S. The highest BCUT2D eigenvalue weighted by atomic mass is 32.1. The lowest BCUT2D eigenvalue weighted by Crippen LogP contribution is -1.83.